The van der Waals surface area contributed by atoms with E-state index in [1.807, 2.05) is 25.1 Å². The van der Waals surface area contributed by atoms with Crippen molar-refractivity contribution in [3.63, 3.8) is 0 Å². The molecule has 3 N–H and O–H groups in total. The highest BCUT2D eigenvalue weighted by Crippen LogP contribution is 2.20. The quantitative estimate of drug-likeness (QED) is 0.824. The fourth-order valence-electron chi connectivity index (χ4n) is 2.17. The van der Waals surface area contributed by atoms with Crippen LogP contribution < -0.4 is 16.0 Å². The fourth-order valence-corrected chi connectivity index (χ4v) is 2.17. The number of nitrogens with one attached hydrogen (secondary N) is 1. The highest BCUT2D eigenvalue weighted by Gasteiger charge is 2.21. The molecular formula is C12H21N5. The third-order valence-electron chi connectivity index (χ3n) is 3.20. The van der Waals surface area contributed by atoms with E-state index in [0.717, 1.165) is 24.6 Å². The minimum Gasteiger partial charge on any atom is -0.366 e. The summed E-state index contributed by atoms with van der Waals surface area (Å²) in [5.74, 6) is 1.59. The monoisotopic (exact) mass is 235 g/mol. The van der Waals surface area contributed by atoms with Gasteiger partial charge in [-0.05, 0) is 18.9 Å². The molecule has 1 aliphatic carbocycles. The standard InChI is InChI=1S/C12H21N5/c1-17(2)12-14-8-7-11(16-12)15-10-6-4-3-5-9(10)13/h7-10H,3-6,13H2,1-2H3,(H,14,15,16). The summed E-state index contributed by atoms with van der Waals surface area (Å²) in [6.45, 7) is 0. The molecule has 1 heterocycles. The van der Waals surface area contributed by atoms with Crippen molar-refractivity contribution in [3.8, 4) is 0 Å². The molecule has 1 aliphatic rings. The van der Waals surface area contributed by atoms with Gasteiger partial charge in [-0.3, -0.25) is 0 Å². The van der Waals surface area contributed by atoms with Gasteiger partial charge in [0.15, 0.2) is 0 Å². The lowest BCUT2D eigenvalue weighted by Gasteiger charge is -2.29. The molecule has 1 aromatic heterocycles. The van der Waals surface area contributed by atoms with Crippen LogP contribution in [0.4, 0.5) is 11.8 Å². The smallest absolute Gasteiger partial charge is 0.226 e. The van der Waals surface area contributed by atoms with Gasteiger partial charge in [-0.1, -0.05) is 12.8 Å². The molecule has 1 saturated carbocycles. The van der Waals surface area contributed by atoms with Crippen molar-refractivity contribution in [2.45, 2.75) is 37.8 Å². The van der Waals surface area contributed by atoms with Gasteiger partial charge >= 0.3 is 0 Å². The molecule has 17 heavy (non-hydrogen) atoms. The van der Waals surface area contributed by atoms with Crippen LogP contribution >= 0.6 is 0 Å². The van der Waals surface area contributed by atoms with Crippen molar-refractivity contribution in [3.05, 3.63) is 12.3 Å². The van der Waals surface area contributed by atoms with E-state index in [1.165, 1.54) is 12.8 Å². The third kappa shape index (κ3) is 3.06. The molecule has 2 unspecified atom stereocenters. The maximum Gasteiger partial charge on any atom is 0.226 e. The maximum atomic E-state index is 6.11. The third-order valence-corrected chi connectivity index (χ3v) is 3.20. The molecule has 5 heteroatoms. The highest BCUT2D eigenvalue weighted by atomic mass is 15.2. The van der Waals surface area contributed by atoms with Crippen LogP contribution in [0.3, 0.4) is 0 Å². The molecule has 0 spiro atoms. The van der Waals surface area contributed by atoms with Gasteiger partial charge in [0.25, 0.3) is 0 Å². The average Bonchev–Trinajstić information content (AvgIpc) is 2.32. The first kappa shape index (κ1) is 12.1. The first-order valence-electron chi connectivity index (χ1n) is 6.19. The molecule has 2 atom stereocenters. The van der Waals surface area contributed by atoms with Crippen molar-refractivity contribution < 1.29 is 0 Å². The number of aromatic nitrogens is 2. The molecule has 5 nitrogen and oxygen atoms in total. The molecular weight excluding hydrogens is 214 g/mol. The Kier molecular flexibility index (Phi) is 3.78. The van der Waals surface area contributed by atoms with Crippen LogP contribution in [0, 0.1) is 0 Å². The SMILES string of the molecule is CN(C)c1nccc(NC2CCCCC2N)n1. The molecule has 0 radical (unpaired) electrons. The molecule has 0 amide bonds. The summed E-state index contributed by atoms with van der Waals surface area (Å²) < 4.78 is 0. The number of hydrogen-bond acceptors (Lipinski definition) is 5. The molecule has 0 aromatic carbocycles. The lowest BCUT2D eigenvalue weighted by atomic mass is 9.91. The van der Waals surface area contributed by atoms with Crippen molar-refractivity contribution in [2.75, 3.05) is 24.3 Å². The van der Waals surface area contributed by atoms with E-state index < -0.39 is 0 Å². The molecule has 0 bridgehead atoms. The lowest BCUT2D eigenvalue weighted by molar-refractivity contribution is 0.403. The summed E-state index contributed by atoms with van der Waals surface area (Å²) in [4.78, 5) is 10.5. The second-order valence-corrected chi connectivity index (χ2v) is 4.84. The summed E-state index contributed by atoms with van der Waals surface area (Å²) in [6, 6.07) is 2.48. The van der Waals surface area contributed by atoms with Crippen LogP contribution in [0.2, 0.25) is 0 Å². The molecule has 1 fully saturated rings. The largest absolute Gasteiger partial charge is 0.366 e. The van der Waals surface area contributed by atoms with Crippen LogP contribution in [0.15, 0.2) is 12.3 Å². The lowest BCUT2D eigenvalue weighted by Crippen LogP contribution is -2.42. The number of anilines is 2. The first-order chi connectivity index (χ1) is 8.16. The van der Waals surface area contributed by atoms with Gasteiger partial charge in [0, 0.05) is 32.4 Å². The molecule has 1 aromatic rings. The molecule has 2 rings (SSSR count). The minimum atomic E-state index is 0.238. The summed E-state index contributed by atoms with van der Waals surface area (Å²) in [6.07, 6.45) is 6.49. The van der Waals surface area contributed by atoms with E-state index in [0.29, 0.717) is 6.04 Å². The van der Waals surface area contributed by atoms with Crippen molar-refractivity contribution in [1.29, 1.82) is 0 Å². The van der Waals surface area contributed by atoms with Crippen LogP contribution in [-0.4, -0.2) is 36.1 Å². The Morgan fingerprint density at radius 3 is 2.82 bits per heavy atom. The van der Waals surface area contributed by atoms with Gasteiger partial charge in [-0.15, -0.1) is 0 Å². The van der Waals surface area contributed by atoms with Gasteiger partial charge in [-0.2, -0.15) is 4.98 Å². The summed E-state index contributed by atoms with van der Waals surface area (Å²) in [5, 5.41) is 3.42. The van der Waals surface area contributed by atoms with Crippen LogP contribution in [0.25, 0.3) is 0 Å². The first-order valence-corrected chi connectivity index (χ1v) is 6.19. The zero-order chi connectivity index (χ0) is 12.3. The number of rotatable bonds is 3. The van der Waals surface area contributed by atoms with E-state index in [1.54, 1.807) is 6.20 Å². The fraction of sp³-hybridized carbons (Fsp3) is 0.667. The van der Waals surface area contributed by atoms with Gasteiger partial charge in [0.05, 0.1) is 0 Å². The number of nitrogens with two attached hydrogens (primary N) is 1. The number of hydrogen-bond donors (Lipinski definition) is 2. The second kappa shape index (κ2) is 5.31. The normalized spacial score (nSPS) is 24.4. The zero-order valence-corrected chi connectivity index (χ0v) is 10.6. The van der Waals surface area contributed by atoms with Crippen LogP contribution in [0.5, 0.6) is 0 Å². The Morgan fingerprint density at radius 1 is 1.35 bits per heavy atom. The summed E-state index contributed by atoms with van der Waals surface area (Å²) in [5.41, 5.74) is 6.11. The van der Waals surface area contributed by atoms with E-state index in [9.17, 15) is 0 Å². The Morgan fingerprint density at radius 2 is 2.12 bits per heavy atom. The Bertz CT molecular complexity index is 366. The zero-order valence-electron chi connectivity index (χ0n) is 10.6. The molecule has 0 saturated heterocycles. The highest BCUT2D eigenvalue weighted by molar-refractivity contribution is 5.41. The van der Waals surface area contributed by atoms with E-state index in [-0.39, 0.29) is 6.04 Å². The van der Waals surface area contributed by atoms with Crippen molar-refractivity contribution in [2.24, 2.45) is 5.73 Å². The summed E-state index contributed by atoms with van der Waals surface area (Å²) in [7, 11) is 3.87. The minimum absolute atomic E-state index is 0.238. The van der Waals surface area contributed by atoms with E-state index >= 15 is 0 Å². The predicted octanol–water partition coefficient (Wildman–Crippen LogP) is 1.22. The predicted molar refractivity (Wildman–Crippen MR) is 70.2 cm³/mol. The Hall–Kier alpha value is -1.36. The molecule has 94 valence electrons. The van der Waals surface area contributed by atoms with Gasteiger partial charge in [0.2, 0.25) is 5.95 Å². The Balaban J connectivity index is 2.04. The number of nitrogens with zero attached hydrogens (tertiary/aromatic N) is 3. The van der Waals surface area contributed by atoms with Gasteiger partial charge in [0.1, 0.15) is 5.82 Å². The summed E-state index contributed by atoms with van der Waals surface area (Å²) >= 11 is 0. The topological polar surface area (TPSA) is 67.1 Å². The van der Waals surface area contributed by atoms with Gasteiger partial charge in [-0.25, -0.2) is 4.98 Å². The van der Waals surface area contributed by atoms with Crippen molar-refractivity contribution in [1.82, 2.24) is 9.97 Å². The van der Waals surface area contributed by atoms with Crippen molar-refractivity contribution >= 4 is 11.8 Å². The van der Waals surface area contributed by atoms with Crippen LogP contribution in [-0.2, 0) is 0 Å². The van der Waals surface area contributed by atoms with Gasteiger partial charge < -0.3 is 16.0 Å². The maximum absolute atomic E-state index is 6.11. The van der Waals surface area contributed by atoms with E-state index in [2.05, 4.69) is 15.3 Å². The Labute approximate surface area is 102 Å². The van der Waals surface area contributed by atoms with E-state index in [4.69, 9.17) is 5.73 Å². The van der Waals surface area contributed by atoms with Crippen LogP contribution in [0.1, 0.15) is 25.7 Å². The molecule has 0 aliphatic heterocycles. The second-order valence-electron chi connectivity index (χ2n) is 4.84. The average molecular weight is 235 g/mol.